The Labute approximate surface area is 124 Å². The van der Waals surface area contributed by atoms with Crippen LogP contribution >= 0.6 is 21.6 Å². The molecule has 0 fully saturated rings. The van der Waals surface area contributed by atoms with Crippen LogP contribution < -0.4 is 27.2 Å². The van der Waals surface area contributed by atoms with Crippen molar-refractivity contribution < 1.29 is 9.59 Å². The van der Waals surface area contributed by atoms with E-state index in [1.807, 2.05) is 0 Å². The first-order chi connectivity index (χ1) is 9.69. The number of amides is 2. The molecule has 0 spiro atoms. The summed E-state index contributed by atoms with van der Waals surface area (Å²) >= 11 is 0. The molecule has 1 heterocycles. The molecular weight excluding hydrogens is 302 g/mol. The van der Waals surface area contributed by atoms with Crippen LogP contribution in [0.2, 0.25) is 0 Å². The molecule has 0 saturated heterocycles. The third-order valence-electron chi connectivity index (χ3n) is 1.96. The summed E-state index contributed by atoms with van der Waals surface area (Å²) in [4.78, 5) is 22.9. The predicted molar refractivity (Wildman–Crippen MR) is 82.2 cm³/mol. The zero-order valence-corrected chi connectivity index (χ0v) is 12.6. The van der Waals surface area contributed by atoms with E-state index in [2.05, 4.69) is 31.7 Å². The number of nitrogens with zero attached hydrogens (tertiary/aromatic N) is 2. The van der Waals surface area contributed by atoms with Gasteiger partial charge in [0.25, 0.3) is 11.8 Å². The topological polar surface area (TPSA) is 133 Å². The van der Waals surface area contributed by atoms with Gasteiger partial charge in [0.15, 0.2) is 0 Å². The Balaban J connectivity index is 2.22. The smallest absolute Gasteiger partial charge is 0.290 e. The largest absolute Gasteiger partial charge is 0.352 e. The number of rotatable bonds is 8. The minimum atomic E-state index is -0.422. The molecule has 0 saturated carbocycles. The molecule has 0 aliphatic carbocycles. The molecule has 0 aromatic rings. The summed E-state index contributed by atoms with van der Waals surface area (Å²) in [5.74, 6) is 0.850. The van der Waals surface area contributed by atoms with Crippen LogP contribution in [0.5, 0.6) is 0 Å². The van der Waals surface area contributed by atoms with Crippen molar-refractivity contribution in [1.82, 2.24) is 21.5 Å². The molecule has 1 aliphatic heterocycles. The second-order valence-electron chi connectivity index (χ2n) is 3.41. The predicted octanol–water partition coefficient (Wildman–Crippen LogP) is -1.99. The van der Waals surface area contributed by atoms with Gasteiger partial charge < -0.3 is 16.4 Å². The second-order valence-corrected chi connectivity index (χ2v) is 6.11. The fraction of sp³-hybridized carbons (Fsp3) is 0.556. The van der Waals surface area contributed by atoms with E-state index in [9.17, 15) is 9.59 Å². The van der Waals surface area contributed by atoms with Gasteiger partial charge in [-0.15, -0.1) is 10.2 Å². The van der Waals surface area contributed by atoms with E-state index >= 15 is 0 Å². The summed E-state index contributed by atoms with van der Waals surface area (Å²) < 4.78 is 0. The SMILES string of the molecule is CNC(=O)C1=NNC(C(=O)NCCSSCCN)=NN1. The van der Waals surface area contributed by atoms with Crippen molar-refractivity contribution in [2.45, 2.75) is 0 Å². The first-order valence-electron chi connectivity index (χ1n) is 5.81. The molecular formula is C9H17N7O2S2. The number of nitrogens with one attached hydrogen (secondary N) is 4. The Bertz CT molecular complexity index is 413. The van der Waals surface area contributed by atoms with Crippen LogP contribution in [0.3, 0.4) is 0 Å². The van der Waals surface area contributed by atoms with E-state index in [0.717, 1.165) is 11.5 Å². The lowest BCUT2D eigenvalue weighted by molar-refractivity contribution is -0.116. The van der Waals surface area contributed by atoms with Gasteiger partial charge >= 0.3 is 0 Å². The quantitative estimate of drug-likeness (QED) is 0.258. The van der Waals surface area contributed by atoms with Crippen molar-refractivity contribution >= 4 is 45.1 Å². The number of hydrogen-bond acceptors (Lipinski definition) is 9. The van der Waals surface area contributed by atoms with Crippen molar-refractivity contribution in [2.75, 3.05) is 31.6 Å². The zero-order valence-electron chi connectivity index (χ0n) is 10.9. The Morgan fingerprint density at radius 1 is 1.15 bits per heavy atom. The monoisotopic (exact) mass is 319 g/mol. The van der Waals surface area contributed by atoms with E-state index in [-0.39, 0.29) is 17.6 Å². The molecule has 11 heteroatoms. The van der Waals surface area contributed by atoms with Crippen LogP contribution in [-0.4, -0.2) is 55.1 Å². The van der Waals surface area contributed by atoms with Crippen LogP contribution in [0.15, 0.2) is 10.2 Å². The zero-order chi connectivity index (χ0) is 14.8. The number of amidine groups is 2. The molecule has 0 atom stereocenters. The Morgan fingerprint density at radius 3 is 2.30 bits per heavy atom. The van der Waals surface area contributed by atoms with Gasteiger partial charge in [-0.2, -0.15) is 0 Å². The highest BCUT2D eigenvalue weighted by atomic mass is 33.1. The molecule has 9 nitrogen and oxygen atoms in total. The van der Waals surface area contributed by atoms with Crippen LogP contribution in [0.4, 0.5) is 0 Å². The van der Waals surface area contributed by atoms with Gasteiger partial charge in [0.2, 0.25) is 11.7 Å². The molecule has 112 valence electrons. The molecule has 2 amide bonds. The van der Waals surface area contributed by atoms with Gasteiger partial charge in [0.05, 0.1) is 0 Å². The number of carbonyl (C=O) groups is 2. The highest BCUT2D eigenvalue weighted by molar-refractivity contribution is 8.76. The second kappa shape index (κ2) is 9.44. The first-order valence-corrected chi connectivity index (χ1v) is 8.30. The number of nitrogens with two attached hydrogens (primary N) is 1. The molecule has 6 N–H and O–H groups in total. The lowest BCUT2D eigenvalue weighted by atomic mass is 10.5. The maximum absolute atomic E-state index is 11.7. The van der Waals surface area contributed by atoms with Crippen LogP contribution in [-0.2, 0) is 9.59 Å². The highest BCUT2D eigenvalue weighted by Gasteiger charge is 2.18. The van der Waals surface area contributed by atoms with E-state index in [4.69, 9.17) is 5.73 Å². The number of carbonyl (C=O) groups excluding carboxylic acids is 2. The Hall–Kier alpha value is -1.46. The maximum atomic E-state index is 11.7. The van der Waals surface area contributed by atoms with Gasteiger partial charge in [-0.1, -0.05) is 21.6 Å². The van der Waals surface area contributed by atoms with E-state index < -0.39 is 5.91 Å². The normalized spacial score (nSPS) is 13.5. The third kappa shape index (κ3) is 5.67. The van der Waals surface area contributed by atoms with E-state index in [0.29, 0.717) is 13.1 Å². The number of hydrogen-bond donors (Lipinski definition) is 5. The average Bonchev–Trinajstić information content (AvgIpc) is 2.50. The maximum Gasteiger partial charge on any atom is 0.290 e. The first kappa shape index (κ1) is 16.6. The summed E-state index contributed by atoms with van der Waals surface area (Å²) in [5.41, 5.74) is 10.2. The molecule has 0 aromatic carbocycles. The Morgan fingerprint density at radius 2 is 1.75 bits per heavy atom. The average molecular weight is 319 g/mol. The van der Waals surface area contributed by atoms with Gasteiger partial charge in [-0.05, 0) is 0 Å². The molecule has 0 radical (unpaired) electrons. The van der Waals surface area contributed by atoms with Crippen molar-refractivity contribution in [1.29, 1.82) is 0 Å². The lowest BCUT2D eigenvalue weighted by Crippen LogP contribution is -2.47. The van der Waals surface area contributed by atoms with Gasteiger partial charge in [-0.25, -0.2) is 0 Å². The summed E-state index contributed by atoms with van der Waals surface area (Å²) in [6.07, 6.45) is 0. The summed E-state index contributed by atoms with van der Waals surface area (Å²) in [6, 6.07) is 0. The summed E-state index contributed by atoms with van der Waals surface area (Å²) in [6.45, 7) is 1.15. The van der Waals surface area contributed by atoms with Crippen molar-refractivity contribution in [3.05, 3.63) is 0 Å². The van der Waals surface area contributed by atoms with Crippen molar-refractivity contribution in [3.8, 4) is 0 Å². The third-order valence-corrected chi connectivity index (χ3v) is 4.40. The minimum absolute atomic E-state index is 0.00205. The standard InChI is InChI=1S/C9H17N7O2S2/c1-11-8(17)6-13-15-7(16-14-6)9(18)12-3-5-20-19-4-2-10/h2-5,10H2,1H3,(H,11,17)(H,12,18)(H,13,14)(H,15,16). The van der Waals surface area contributed by atoms with Gasteiger partial charge in [-0.3, -0.25) is 20.4 Å². The van der Waals surface area contributed by atoms with Crippen LogP contribution in [0, 0.1) is 0 Å². The lowest BCUT2D eigenvalue weighted by Gasteiger charge is -2.13. The van der Waals surface area contributed by atoms with E-state index in [1.165, 1.54) is 7.05 Å². The molecule has 1 rings (SSSR count). The fourth-order valence-electron chi connectivity index (χ4n) is 1.05. The van der Waals surface area contributed by atoms with Gasteiger partial charge in [0, 0.05) is 31.6 Å². The van der Waals surface area contributed by atoms with Crippen molar-refractivity contribution in [2.24, 2.45) is 15.9 Å². The highest BCUT2D eigenvalue weighted by Crippen LogP contribution is 2.18. The molecule has 20 heavy (non-hydrogen) atoms. The Kier molecular flexibility index (Phi) is 7.84. The number of hydrazone groups is 2. The summed E-state index contributed by atoms with van der Waals surface area (Å²) in [7, 11) is 4.77. The van der Waals surface area contributed by atoms with Gasteiger partial charge in [0.1, 0.15) is 0 Å². The fourth-order valence-corrected chi connectivity index (χ4v) is 2.81. The summed E-state index contributed by atoms with van der Waals surface area (Å²) in [5, 5.41) is 12.5. The van der Waals surface area contributed by atoms with E-state index in [1.54, 1.807) is 21.6 Å². The minimum Gasteiger partial charge on any atom is -0.352 e. The van der Waals surface area contributed by atoms with Crippen molar-refractivity contribution in [3.63, 3.8) is 0 Å². The van der Waals surface area contributed by atoms with Crippen LogP contribution in [0.1, 0.15) is 0 Å². The molecule has 1 aliphatic rings. The molecule has 0 aromatic heterocycles. The van der Waals surface area contributed by atoms with Crippen LogP contribution in [0.25, 0.3) is 0 Å². The molecule has 0 unspecified atom stereocenters. The number of likely N-dealkylation sites (N-methyl/N-ethyl adjacent to an activating group) is 1. The molecule has 0 bridgehead atoms.